The molecule has 0 spiro atoms. The van der Waals surface area contributed by atoms with Crippen molar-refractivity contribution < 1.29 is 9.53 Å². The summed E-state index contributed by atoms with van der Waals surface area (Å²) in [5, 5.41) is 11.6. The van der Waals surface area contributed by atoms with Crippen molar-refractivity contribution in [2.24, 2.45) is 5.41 Å². The SMILES string of the molecule is N#CC1(C(=O)NCCOC2CCCC2)CC1. The van der Waals surface area contributed by atoms with Crippen LogP contribution in [0, 0.1) is 16.7 Å². The lowest BCUT2D eigenvalue weighted by molar-refractivity contribution is -0.124. The Morgan fingerprint density at radius 3 is 2.69 bits per heavy atom. The molecule has 0 radical (unpaired) electrons. The fourth-order valence-electron chi connectivity index (χ4n) is 2.13. The van der Waals surface area contributed by atoms with E-state index in [4.69, 9.17) is 10.00 Å². The molecule has 0 saturated heterocycles. The van der Waals surface area contributed by atoms with E-state index < -0.39 is 5.41 Å². The Morgan fingerprint density at radius 2 is 2.12 bits per heavy atom. The van der Waals surface area contributed by atoms with Gasteiger partial charge in [-0.05, 0) is 25.7 Å². The number of hydrogen-bond donors (Lipinski definition) is 1. The van der Waals surface area contributed by atoms with E-state index in [9.17, 15) is 4.79 Å². The summed E-state index contributed by atoms with van der Waals surface area (Å²) >= 11 is 0. The molecule has 2 aliphatic rings. The number of amides is 1. The van der Waals surface area contributed by atoms with Gasteiger partial charge in [0.05, 0.1) is 18.8 Å². The molecule has 2 fully saturated rings. The average molecular weight is 222 g/mol. The molecule has 16 heavy (non-hydrogen) atoms. The Hall–Kier alpha value is -1.08. The van der Waals surface area contributed by atoms with Gasteiger partial charge in [0, 0.05) is 6.54 Å². The summed E-state index contributed by atoms with van der Waals surface area (Å²) in [5.74, 6) is -0.120. The van der Waals surface area contributed by atoms with Crippen LogP contribution in [0.1, 0.15) is 38.5 Å². The second-order valence-electron chi connectivity index (χ2n) is 4.73. The number of carbonyl (C=O) groups excluding carboxylic acids is 1. The third-order valence-corrected chi connectivity index (χ3v) is 3.44. The van der Waals surface area contributed by atoms with Crippen LogP contribution in [0.3, 0.4) is 0 Å². The van der Waals surface area contributed by atoms with Crippen LogP contribution in [-0.2, 0) is 9.53 Å². The van der Waals surface area contributed by atoms with Gasteiger partial charge in [0.2, 0.25) is 5.91 Å². The molecule has 0 aromatic heterocycles. The molecule has 4 nitrogen and oxygen atoms in total. The zero-order chi connectivity index (χ0) is 11.4. The summed E-state index contributed by atoms with van der Waals surface area (Å²) < 4.78 is 5.62. The van der Waals surface area contributed by atoms with Crippen LogP contribution in [0.25, 0.3) is 0 Å². The molecule has 0 unspecified atom stereocenters. The lowest BCUT2D eigenvalue weighted by atomic mass is 10.1. The van der Waals surface area contributed by atoms with Crippen molar-refractivity contribution in [1.29, 1.82) is 5.26 Å². The molecular weight excluding hydrogens is 204 g/mol. The van der Waals surface area contributed by atoms with E-state index in [1.54, 1.807) is 0 Å². The Labute approximate surface area is 96.0 Å². The highest BCUT2D eigenvalue weighted by molar-refractivity contribution is 5.88. The van der Waals surface area contributed by atoms with Crippen LogP contribution >= 0.6 is 0 Å². The Morgan fingerprint density at radius 1 is 1.44 bits per heavy atom. The molecule has 2 saturated carbocycles. The van der Waals surface area contributed by atoms with E-state index in [0.29, 0.717) is 32.1 Å². The molecule has 2 rings (SSSR count). The molecule has 0 atom stereocenters. The summed E-state index contributed by atoms with van der Waals surface area (Å²) in [6.45, 7) is 1.09. The maximum absolute atomic E-state index is 11.6. The van der Waals surface area contributed by atoms with Crippen molar-refractivity contribution in [3.63, 3.8) is 0 Å². The summed E-state index contributed by atoms with van der Waals surface area (Å²) in [7, 11) is 0. The quantitative estimate of drug-likeness (QED) is 0.714. The van der Waals surface area contributed by atoms with Crippen molar-refractivity contribution >= 4 is 5.91 Å². The first-order valence-corrected chi connectivity index (χ1v) is 6.08. The van der Waals surface area contributed by atoms with Crippen LogP contribution in [-0.4, -0.2) is 25.2 Å². The molecule has 0 bridgehead atoms. The normalized spacial score (nSPS) is 22.7. The number of nitrogens with one attached hydrogen (secondary N) is 1. The maximum atomic E-state index is 11.6. The second-order valence-corrected chi connectivity index (χ2v) is 4.73. The Bertz CT molecular complexity index is 299. The predicted molar refractivity (Wildman–Crippen MR) is 58.5 cm³/mol. The summed E-state index contributed by atoms with van der Waals surface area (Å²) in [6.07, 6.45) is 6.62. The maximum Gasteiger partial charge on any atom is 0.240 e. The first-order valence-electron chi connectivity index (χ1n) is 6.08. The molecule has 88 valence electrons. The topological polar surface area (TPSA) is 62.1 Å². The lowest BCUT2D eigenvalue weighted by Gasteiger charge is -2.12. The smallest absolute Gasteiger partial charge is 0.240 e. The summed E-state index contributed by atoms with van der Waals surface area (Å²) in [6, 6.07) is 2.08. The fraction of sp³-hybridized carbons (Fsp3) is 0.833. The lowest BCUT2D eigenvalue weighted by Crippen LogP contribution is -2.34. The Kier molecular flexibility index (Phi) is 3.45. The standard InChI is InChI=1S/C12H18N2O2/c13-9-12(5-6-12)11(15)14-7-8-16-10-3-1-2-4-10/h10H,1-8H2,(H,14,15). The first kappa shape index (κ1) is 11.4. The van der Waals surface area contributed by atoms with E-state index >= 15 is 0 Å². The highest BCUT2D eigenvalue weighted by Crippen LogP contribution is 2.44. The van der Waals surface area contributed by atoms with Gasteiger partial charge in [-0.2, -0.15) is 5.26 Å². The van der Waals surface area contributed by atoms with Crippen LogP contribution in [0.2, 0.25) is 0 Å². The van der Waals surface area contributed by atoms with E-state index in [0.717, 1.165) is 12.8 Å². The van der Waals surface area contributed by atoms with Gasteiger partial charge in [-0.3, -0.25) is 4.79 Å². The number of hydrogen-bond acceptors (Lipinski definition) is 3. The monoisotopic (exact) mass is 222 g/mol. The van der Waals surface area contributed by atoms with Crippen LogP contribution in [0.4, 0.5) is 0 Å². The molecule has 0 heterocycles. The van der Waals surface area contributed by atoms with Gasteiger partial charge in [0.1, 0.15) is 5.41 Å². The van der Waals surface area contributed by atoms with E-state index in [-0.39, 0.29) is 5.91 Å². The number of ether oxygens (including phenoxy) is 1. The van der Waals surface area contributed by atoms with E-state index in [1.807, 2.05) is 0 Å². The zero-order valence-electron chi connectivity index (χ0n) is 9.50. The van der Waals surface area contributed by atoms with Gasteiger partial charge in [-0.25, -0.2) is 0 Å². The minimum atomic E-state index is -0.701. The minimum absolute atomic E-state index is 0.120. The molecule has 2 aliphatic carbocycles. The van der Waals surface area contributed by atoms with Gasteiger partial charge in [-0.15, -0.1) is 0 Å². The molecular formula is C12H18N2O2. The van der Waals surface area contributed by atoms with Crippen molar-refractivity contribution in [1.82, 2.24) is 5.32 Å². The van der Waals surface area contributed by atoms with Crippen LogP contribution < -0.4 is 5.32 Å². The third kappa shape index (κ3) is 2.53. The van der Waals surface area contributed by atoms with Crippen molar-refractivity contribution in [2.75, 3.05) is 13.2 Å². The van der Waals surface area contributed by atoms with E-state index in [2.05, 4.69) is 11.4 Å². The molecule has 0 aliphatic heterocycles. The van der Waals surface area contributed by atoms with Gasteiger partial charge in [-0.1, -0.05) is 12.8 Å². The average Bonchev–Trinajstić information content (AvgIpc) is 2.94. The van der Waals surface area contributed by atoms with Gasteiger partial charge >= 0.3 is 0 Å². The molecule has 1 amide bonds. The zero-order valence-corrected chi connectivity index (χ0v) is 9.50. The fourth-order valence-corrected chi connectivity index (χ4v) is 2.13. The van der Waals surface area contributed by atoms with Gasteiger partial charge in [0.15, 0.2) is 0 Å². The molecule has 4 heteroatoms. The molecule has 1 N–H and O–H groups in total. The summed E-state index contributed by atoms with van der Waals surface area (Å²) in [5.41, 5.74) is -0.701. The second kappa shape index (κ2) is 4.84. The predicted octanol–water partition coefficient (Wildman–Crippen LogP) is 1.37. The highest BCUT2D eigenvalue weighted by Gasteiger charge is 2.50. The number of nitriles is 1. The summed E-state index contributed by atoms with van der Waals surface area (Å²) in [4.78, 5) is 11.6. The third-order valence-electron chi connectivity index (χ3n) is 3.44. The van der Waals surface area contributed by atoms with Gasteiger partial charge < -0.3 is 10.1 Å². The van der Waals surface area contributed by atoms with Crippen LogP contribution in [0.15, 0.2) is 0 Å². The number of carbonyl (C=O) groups is 1. The van der Waals surface area contributed by atoms with Crippen molar-refractivity contribution in [2.45, 2.75) is 44.6 Å². The Balaban J connectivity index is 1.58. The molecule has 0 aromatic carbocycles. The largest absolute Gasteiger partial charge is 0.376 e. The number of rotatable bonds is 5. The minimum Gasteiger partial charge on any atom is -0.376 e. The first-order chi connectivity index (χ1) is 7.77. The number of nitrogens with zero attached hydrogens (tertiary/aromatic N) is 1. The van der Waals surface area contributed by atoms with E-state index in [1.165, 1.54) is 12.8 Å². The molecule has 0 aromatic rings. The van der Waals surface area contributed by atoms with Crippen LogP contribution in [0.5, 0.6) is 0 Å². The van der Waals surface area contributed by atoms with Crippen molar-refractivity contribution in [3.8, 4) is 6.07 Å². The van der Waals surface area contributed by atoms with Crippen molar-refractivity contribution in [3.05, 3.63) is 0 Å². The van der Waals surface area contributed by atoms with Gasteiger partial charge in [0.25, 0.3) is 0 Å². The highest BCUT2D eigenvalue weighted by atomic mass is 16.5.